The summed E-state index contributed by atoms with van der Waals surface area (Å²) in [4.78, 5) is 6.18. The zero-order chi connectivity index (χ0) is 15.8. The normalized spacial score (nSPS) is 10.5. The van der Waals surface area contributed by atoms with E-state index in [1.807, 2.05) is 36.4 Å². The molecule has 0 amide bonds. The van der Waals surface area contributed by atoms with E-state index in [-0.39, 0.29) is 0 Å². The average Bonchev–Trinajstić information content (AvgIpc) is 2.57. The fourth-order valence-electron chi connectivity index (χ4n) is 2.08. The molecule has 0 heterocycles. The third-order valence-electron chi connectivity index (χ3n) is 3.28. The number of hydrogen-bond acceptors (Lipinski definition) is 5. The summed E-state index contributed by atoms with van der Waals surface area (Å²) in [6, 6.07) is 15.4. The topological polar surface area (TPSA) is 40.3 Å². The minimum atomic E-state index is 0.762. The minimum Gasteiger partial charge on any atom is -0.372 e. The van der Waals surface area contributed by atoms with Crippen molar-refractivity contribution >= 4 is 40.1 Å². The molecule has 0 bridgehead atoms. The van der Waals surface area contributed by atoms with Crippen LogP contribution >= 0.6 is 12.2 Å². The van der Waals surface area contributed by atoms with Crippen LogP contribution in [-0.2, 0) is 0 Å². The van der Waals surface area contributed by atoms with Crippen molar-refractivity contribution < 1.29 is 0 Å². The van der Waals surface area contributed by atoms with Gasteiger partial charge in [0.15, 0.2) is 0 Å². The molecule has 2 aromatic rings. The van der Waals surface area contributed by atoms with Gasteiger partial charge in [0.25, 0.3) is 0 Å². The first-order chi connectivity index (χ1) is 10.8. The molecule has 0 N–H and O–H groups in total. The maximum Gasteiger partial charge on any atom is 0.0858 e. The molecule has 0 aromatic heterocycles. The lowest BCUT2D eigenvalue weighted by molar-refractivity contribution is 0.866. The Kier molecular flexibility index (Phi) is 5.95. The van der Waals surface area contributed by atoms with Crippen LogP contribution in [0.2, 0.25) is 0 Å². The summed E-state index contributed by atoms with van der Waals surface area (Å²) in [7, 11) is 0. The SMILES string of the molecule is CCN(CC)c1ccc(N=Nc2ccc(N=C=S)cc2)cc1. The second-order valence-corrected chi connectivity index (χ2v) is 4.79. The Morgan fingerprint density at radius 3 is 1.73 bits per heavy atom. The molecule has 0 spiro atoms. The predicted octanol–water partition coefficient (Wildman–Crippen LogP) is 5.68. The lowest BCUT2D eigenvalue weighted by atomic mass is 10.2. The first kappa shape index (κ1) is 16.0. The van der Waals surface area contributed by atoms with Crippen molar-refractivity contribution in [2.24, 2.45) is 15.2 Å². The van der Waals surface area contributed by atoms with Crippen LogP contribution in [0.1, 0.15) is 13.8 Å². The summed E-state index contributed by atoms with van der Waals surface area (Å²) < 4.78 is 0. The highest BCUT2D eigenvalue weighted by Gasteiger charge is 2.00. The maximum atomic E-state index is 4.57. The number of azo groups is 1. The highest BCUT2D eigenvalue weighted by molar-refractivity contribution is 7.78. The summed E-state index contributed by atoms with van der Waals surface area (Å²) in [5.41, 5.74) is 3.57. The van der Waals surface area contributed by atoms with Crippen molar-refractivity contribution in [2.45, 2.75) is 13.8 Å². The van der Waals surface area contributed by atoms with Crippen molar-refractivity contribution in [3.63, 3.8) is 0 Å². The third-order valence-corrected chi connectivity index (χ3v) is 3.37. The smallest absolute Gasteiger partial charge is 0.0858 e. The Bertz CT molecular complexity index is 667. The van der Waals surface area contributed by atoms with Gasteiger partial charge >= 0.3 is 0 Å². The van der Waals surface area contributed by atoms with Gasteiger partial charge in [0.1, 0.15) is 0 Å². The zero-order valence-electron chi connectivity index (χ0n) is 12.7. The molecule has 0 aliphatic rings. The summed E-state index contributed by atoms with van der Waals surface area (Å²) in [5.74, 6) is 0. The van der Waals surface area contributed by atoms with Crippen LogP contribution in [0, 0.1) is 0 Å². The first-order valence-corrected chi connectivity index (χ1v) is 7.62. The standard InChI is InChI=1S/C17H18N4S/c1-3-21(4-2)17-11-9-16(10-12-17)20-19-15-7-5-14(6-8-15)18-13-22/h5-12H,3-4H2,1-2H3. The molecule has 0 saturated carbocycles. The molecule has 2 rings (SSSR count). The van der Waals surface area contributed by atoms with Crippen LogP contribution in [-0.4, -0.2) is 18.3 Å². The maximum absolute atomic E-state index is 4.57. The lowest BCUT2D eigenvalue weighted by Gasteiger charge is -2.20. The van der Waals surface area contributed by atoms with E-state index < -0.39 is 0 Å². The lowest BCUT2D eigenvalue weighted by Crippen LogP contribution is -2.21. The van der Waals surface area contributed by atoms with Crippen molar-refractivity contribution in [2.75, 3.05) is 18.0 Å². The second-order valence-electron chi connectivity index (χ2n) is 4.61. The van der Waals surface area contributed by atoms with Crippen molar-refractivity contribution in [3.8, 4) is 0 Å². The van der Waals surface area contributed by atoms with Crippen molar-refractivity contribution in [3.05, 3.63) is 48.5 Å². The first-order valence-electron chi connectivity index (χ1n) is 7.21. The van der Waals surface area contributed by atoms with Crippen LogP contribution < -0.4 is 4.90 Å². The number of anilines is 1. The molecule has 0 atom stereocenters. The largest absolute Gasteiger partial charge is 0.372 e. The van der Waals surface area contributed by atoms with Gasteiger partial charge in [0.05, 0.1) is 22.2 Å². The monoisotopic (exact) mass is 310 g/mol. The highest BCUT2D eigenvalue weighted by Crippen LogP contribution is 2.23. The molecule has 0 saturated heterocycles. The summed E-state index contributed by atoms with van der Waals surface area (Å²) >= 11 is 4.57. The number of aliphatic imine (C=N–C) groups is 1. The summed E-state index contributed by atoms with van der Waals surface area (Å²) in [6.45, 7) is 6.28. The third kappa shape index (κ3) is 4.32. The molecule has 112 valence electrons. The summed E-state index contributed by atoms with van der Waals surface area (Å²) in [6.07, 6.45) is 0. The van der Waals surface area contributed by atoms with Gasteiger partial charge in [-0.3, -0.25) is 0 Å². The molecule has 4 nitrogen and oxygen atoms in total. The van der Waals surface area contributed by atoms with E-state index >= 15 is 0 Å². The predicted molar refractivity (Wildman–Crippen MR) is 95.3 cm³/mol. The van der Waals surface area contributed by atoms with E-state index in [0.717, 1.165) is 30.2 Å². The molecule has 0 fully saturated rings. The van der Waals surface area contributed by atoms with Gasteiger partial charge in [-0.2, -0.15) is 15.2 Å². The highest BCUT2D eigenvalue weighted by atomic mass is 32.1. The van der Waals surface area contributed by atoms with Gasteiger partial charge in [-0.25, -0.2) is 0 Å². The van der Waals surface area contributed by atoms with E-state index in [4.69, 9.17) is 0 Å². The number of nitrogens with zero attached hydrogens (tertiary/aromatic N) is 4. The Morgan fingerprint density at radius 2 is 1.27 bits per heavy atom. The van der Waals surface area contributed by atoms with Gasteiger partial charge in [0, 0.05) is 18.8 Å². The van der Waals surface area contributed by atoms with Gasteiger partial charge in [-0.1, -0.05) is 0 Å². The molecule has 2 aromatic carbocycles. The van der Waals surface area contributed by atoms with Gasteiger partial charge < -0.3 is 4.90 Å². The fourth-order valence-corrected chi connectivity index (χ4v) is 2.19. The van der Waals surface area contributed by atoms with Gasteiger partial charge in [0.2, 0.25) is 0 Å². The van der Waals surface area contributed by atoms with E-state index in [0.29, 0.717) is 0 Å². The number of hydrogen-bond donors (Lipinski definition) is 0. The van der Waals surface area contributed by atoms with Crippen LogP contribution in [0.3, 0.4) is 0 Å². The Labute approximate surface area is 136 Å². The number of rotatable bonds is 6. The van der Waals surface area contributed by atoms with Gasteiger partial charge in [-0.15, -0.1) is 0 Å². The van der Waals surface area contributed by atoms with E-state index in [1.165, 1.54) is 5.69 Å². The molecule has 0 unspecified atom stereocenters. The fraction of sp³-hybridized carbons (Fsp3) is 0.235. The second kappa shape index (κ2) is 8.17. The minimum absolute atomic E-state index is 0.762. The Morgan fingerprint density at radius 1 is 0.818 bits per heavy atom. The van der Waals surface area contributed by atoms with E-state index in [1.54, 1.807) is 0 Å². The quantitative estimate of drug-likeness (QED) is 0.391. The molecule has 5 heteroatoms. The number of benzene rings is 2. The van der Waals surface area contributed by atoms with Crippen LogP contribution in [0.25, 0.3) is 0 Å². The van der Waals surface area contributed by atoms with Gasteiger partial charge in [-0.05, 0) is 74.6 Å². The Hall–Kier alpha value is -2.36. The number of isothiocyanates is 1. The zero-order valence-corrected chi connectivity index (χ0v) is 13.5. The number of thiocarbonyl (C=S) groups is 1. The molecule has 22 heavy (non-hydrogen) atoms. The molecule has 0 radical (unpaired) electrons. The van der Waals surface area contributed by atoms with Crippen LogP contribution in [0.5, 0.6) is 0 Å². The average molecular weight is 310 g/mol. The van der Waals surface area contributed by atoms with Crippen LogP contribution in [0.15, 0.2) is 63.8 Å². The van der Waals surface area contributed by atoms with Crippen molar-refractivity contribution in [1.29, 1.82) is 0 Å². The summed E-state index contributed by atoms with van der Waals surface area (Å²) in [5, 5.41) is 10.8. The molecule has 0 aliphatic carbocycles. The van der Waals surface area contributed by atoms with Crippen LogP contribution in [0.4, 0.5) is 22.7 Å². The molecular weight excluding hydrogens is 292 g/mol. The van der Waals surface area contributed by atoms with E-state index in [9.17, 15) is 0 Å². The van der Waals surface area contributed by atoms with Crippen molar-refractivity contribution in [1.82, 2.24) is 0 Å². The molecule has 0 aliphatic heterocycles. The van der Waals surface area contributed by atoms with E-state index in [2.05, 4.69) is 63.5 Å². The molecular formula is C17H18N4S. The Balaban J connectivity index is 2.08.